The van der Waals surface area contributed by atoms with Gasteiger partial charge in [-0.2, -0.15) is 5.26 Å². The first-order valence-corrected chi connectivity index (χ1v) is 8.11. The summed E-state index contributed by atoms with van der Waals surface area (Å²) in [5.74, 6) is -0.421. The van der Waals surface area contributed by atoms with Crippen molar-refractivity contribution in [2.75, 3.05) is 0 Å². The van der Waals surface area contributed by atoms with Crippen molar-refractivity contribution in [1.82, 2.24) is 5.32 Å². The molecule has 1 amide bonds. The summed E-state index contributed by atoms with van der Waals surface area (Å²) in [6.45, 7) is 1.87. The summed E-state index contributed by atoms with van der Waals surface area (Å²) in [4.78, 5) is 12.3. The molecule has 3 nitrogen and oxygen atoms in total. The first-order valence-electron chi connectivity index (χ1n) is 6.94. The predicted octanol–water partition coefficient (Wildman–Crippen LogP) is 4.89. The Morgan fingerprint density at radius 1 is 1.30 bits per heavy atom. The van der Waals surface area contributed by atoms with Crippen molar-refractivity contribution in [2.45, 2.75) is 13.0 Å². The number of rotatable bonds is 4. The van der Waals surface area contributed by atoms with Crippen LogP contribution in [0.15, 0.2) is 58.6 Å². The van der Waals surface area contributed by atoms with E-state index in [4.69, 9.17) is 11.6 Å². The summed E-state index contributed by atoms with van der Waals surface area (Å²) < 4.78 is 0.763. The maximum absolute atomic E-state index is 12.3. The van der Waals surface area contributed by atoms with Crippen molar-refractivity contribution < 1.29 is 4.79 Å². The molecule has 0 aliphatic heterocycles. The largest absolute Gasteiger partial charge is 0.345 e. The van der Waals surface area contributed by atoms with Crippen molar-refractivity contribution in [3.05, 3.63) is 74.7 Å². The molecule has 0 bridgehead atoms. The van der Waals surface area contributed by atoms with Gasteiger partial charge in [0.1, 0.15) is 11.6 Å². The molecule has 0 aliphatic carbocycles. The summed E-state index contributed by atoms with van der Waals surface area (Å²) >= 11 is 9.33. The average Bonchev–Trinajstić information content (AvgIpc) is 2.56. The van der Waals surface area contributed by atoms with E-state index in [-0.39, 0.29) is 11.6 Å². The van der Waals surface area contributed by atoms with Crippen molar-refractivity contribution in [2.24, 2.45) is 0 Å². The highest BCUT2D eigenvalue weighted by molar-refractivity contribution is 9.10. The molecular weight excluding hydrogens is 376 g/mol. The Morgan fingerprint density at radius 3 is 2.65 bits per heavy atom. The summed E-state index contributed by atoms with van der Waals surface area (Å²) in [7, 11) is 0. The minimum atomic E-state index is -0.421. The van der Waals surface area contributed by atoms with Crippen molar-refractivity contribution >= 4 is 39.5 Å². The van der Waals surface area contributed by atoms with Gasteiger partial charge in [0.05, 0.1) is 6.04 Å². The maximum atomic E-state index is 12.3. The number of hydrogen-bond donors (Lipinski definition) is 1. The van der Waals surface area contributed by atoms with Crippen molar-refractivity contribution in [3.63, 3.8) is 0 Å². The van der Waals surface area contributed by atoms with E-state index in [1.807, 2.05) is 43.3 Å². The molecule has 0 heterocycles. The average molecular weight is 390 g/mol. The van der Waals surface area contributed by atoms with Crippen LogP contribution < -0.4 is 5.32 Å². The molecule has 0 spiro atoms. The van der Waals surface area contributed by atoms with Gasteiger partial charge in [-0.15, -0.1) is 0 Å². The summed E-state index contributed by atoms with van der Waals surface area (Å²) in [6, 6.07) is 16.5. The topological polar surface area (TPSA) is 52.9 Å². The van der Waals surface area contributed by atoms with Crippen molar-refractivity contribution in [3.8, 4) is 6.07 Å². The second-order valence-corrected chi connectivity index (χ2v) is 6.23. The number of nitrogens with one attached hydrogen (secondary N) is 1. The van der Waals surface area contributed by atoms with Crippen LogP contribution in [-0.4, -0.2) is 5.91 Å². The van der Waals surface area contributed by atoms with Gasteiger partial charge in [0, 0.05) is 9.50 Å². The second kappa shape index (κ2) is 7.96. The van der Waals surface area contributed by atoms with Crippen LogP contribution in [0.3, 0.4) is 0 Å². The summed E-state index contributed by atoms with van der Waals surface area (Å²) in [5, 5.41) is 12.6. The van der Waals surface area contributed by atoms with Gasteiger partial charge < -0.3 is 5.32 Å². The Hall–Kier alpha value is -2.09. The number of hydrogen-bond acceptors (Lipinski definition) is 2. The molecule has 1 atom stereocenters. The molecule has 1 N–H and O–H groups in total. The van der Waals surface area contributed by atoms with Crippen LogP contribution in [0.2, 0.25) is 5.02 Å². The fourth-order valence-corrected chi connectivity index (χ4v) is 2.57. The number of carbonyl (C=O) groups is 1. The number of amides is 1. The van der Waals surface area contributed by atoms with E-state index in [2.05, 4.69) is 21.2 Å². The smallest absolute Gasteiger partial charge is 0.262 e. The van der Waals surface area contributed by atoms with E-state index in [1.54, 1.807) is 18.2 Å². The molecule has 0 radical (unpaired) electrons. The van der Waals surface area contributed by atoms with Gasteiger partial charge in [0.2, 0.25) is 0 Å². The third-order valence-electron chi connectivity index (χ3n) is 3.27. The van der Waals surface area contributed by atoms with E-state index < -0.39 is 5.91 Å². The SMILES string of the molecule is CC(NC(=O)/C(C#N)=C\c1cc(Cl)ccc1Br)c1ccccc1. The normalized spacial score (nSPS) is 12.3. The van der Waals surface area contributed by atoms with Gasteiger partial charge in [-0.25, -0.2) is 0 Å². The van der Waals surface area contributed by atoms with Crippen LogP contribution in [0.1, 0.15) is 24.1 Å². The lowest BCUT2D eigenvalue weighted by atomic mass is 10.1. The number of halogens is 2. The third-order valence-corrected chi connectivity index (χ3v) is 4.23. The Labute approximate surface area is 148 Å². The number of benzene rings is 2. The van der Waals surface area contributed by atoms with Crippen LogP contribution in [0.25, 0.3) is 6.08 Å². The molecule has 5 heteroatoms. The molecule has 0 saturated carbocycles. The number of nitriles is 1. The molecule has 0 saturated heterocycles. The van der Waals surface area contributed by atoms with Crippen LogP contribution in [0.5, 0.6) is 0 Å². The monoisotopic (exact) mass is 388 g/mol. The second-order valence-electron chi connectivity index (χ2n) is 4.94. The van der Waals surface area contributed by atoms with E-state index in [1.165, 1.54) is 6.08 Å². The molecular formula is C18H14BrClN2O. The molecule has 2 aromatic rings. The van der Waals surface area contributed by atoms with Crippen molar-refractivity contribution in [1.29, 1.82) is 5.26 Å². The third kappa shape index (κ3) is 4.69. The summed E-state index contributed by atoms with van der Waals surface area (Å²) in [6.07, 6.45) is 1.52. The molecule has 23 heavy (non-hydrogen) atoms. The minimum absolute atomic E-state index is 0.0238. The van der Waals surface area contributed by atoms with E-state index >= 15 is 0 Å². The predicted molar refractivity (Wildman–Crippen MR) is 95.7 cm³/mol. The highest BCUT2D eigenvalue weighted by Gasteiger charge is 2.14. The Morgan fingerprint density at radius 2 is 2.00 bits per heavy atom. The zero-order valence-corrected chi connectivity index (χ0v) is 14.7. The van der Waals surface area contributed by atoms with E-state index in [0.717, 1.165) is 10.0 Å². The van der Waals surface area contributed by atoms with E-state index in [0.29, 0.717) is 10.6 Å². The van der Waals surface area contributed by atoms with Crippen LogP contribution in [0.4, 0.5) is 0 Å². The van der Waals surface area contributed by atoms with Crippen LogP contribution in [-0.2, 0) is 4.79 Å². The zero-order chi connectivity index (χ0) is 16.8. The fraction of sp³-hybridized carbons (Fsp3) is 0.111. The lowest BCUT2D eigenvalue weighted by Gasteiger charge is -2.13. The Bertz CT molecular complexity index is 781. The first-order chi connectivity index (χ1) is 11.0. The van der Waals surface area contributed by atoms with Gasteiger partial charge >= 0.3 is 0 Å². The van der Waals surface area contributed by atoms with Crippen LogP contribution in [0, 0.1) is 11.3 Å². The number of carbonyl (C=O) groups excluding carboxylic acids is 1. The van der Waals surface area contributed by atoms with E-state index in [9.17, 15) is 10.1 Å². The summed E-state index contributed by atoms with van der Waals surface area (Å²) in [5.41, 5.74) is 1.68. The molecule has 0 aromatic heterocycles. The highest BCUT2D eigenvalue weighted by atomic mass is 79.9. The fourth-order valence-electron chi connectivity index (χ4n) is 2.03. The Kier molecular flexibility index (Phi) is 5.97. The standard InChI is InChI=1S/C18H14BrClN2O/c1-12(13-5-3-2-4-6-13)22-18(23)15(11-21)9-14-10-16(20)7-8-17(14)19/h2-10,12H,1H3,(H,22,23)/b15-9-. The first kappa shape index (κ1) is 17.3. The van der Waals surface area contributed by atoms with Gasteiger partial charge in [0.25, 0.3) is 5.91 Å². The molecule has 2 rings (SSSR count). The van der Waals surface area contributed by atoms with Gasteiger partial charge in [0.15, 0.2) is 0 Å². The van der Waals surface area contributed by atoms with Gasteiger partial charge in [-0.1, -0.05) is 57.9 Å². The molecule has 2 aromatic carbocycles. The lowest BCUT2D eigenvalue weighted by molar-refractivity contribution is -0.117. The maximum Gasteiger partial charge on any atom is 0.262 e. The zero-order valence-electron chi connectivity index (χ0n) is 12.4. The Balaban J connectivity index is 2.20. The van der Waals surface area contributed by atoms with Gasteiger partial charge in [-0.3, -0.25) is 4.79 Å². The van der Waals surface area contributed by atoms with Gasteiger partial charge in [-0.05, 0) is 42.3 Å². The molecule has 0 fully saturated rings. The highest BCUT2D eigenvalue weighted by Crippen LogP contribution is 2.23. The molecule has 1 unspecified atom stereocenters. The van der Waals surface area contributed by atoms with Crippen LogP contribution >= 0.6 is 27.5 Å². The molecule has 116 valence electrons. The lowest BCUT2D eigenvalue weighted by Crippen LogP contribution is -2.27. The molecule has 0 aliphatic rings. The minimum Gasteiger partial charge on any atom is -0.345 e. The quantitative estimate of drug-likeness (QED) is 0.598. The number of nitrogens with zero attached hydrogens (tertiary/aromatic N) is 1.